The Balaban J connectivity index is 1.77. The molecule has 0 N–H and O–H groups in total. The van der Waals surface area contributed by atoms with Crippen LogP contribution in [-0.4, -0.2) is 0 Å². The van der Waals surface area contributed by atoms with Crippen LogP contribution >= 0.6 is 34.2 Å². The van der Waals surface area contributed by atoms with Crippen molar-refractivity contribution in [3.8, 4) is 11.8 Å². The summed E-state index contributed by atoms with van der Waals surface area (Å²) in [6.07, 6.45) is 1.74. The van der Waals surface area contributed by atoms with E-state index in [-0.39, 0.29) is 5.82 Å². The fourth-order valence-electron chi connectivity index (χ4n) is 2.47. The molecule has 0 radical (unpaired) electrons. The van der Waals surface area contributed by atoms with Crippen molar-refractivity contribution < 1.29 is 9.13 Å². The highest BCUT2D eigenvalue weighted by Gasteiger charge is 2.06. The zero-order valence-electron chi connectivity index (χ0n) is 14.1. The lowest BCUT2D eigenvalue weighted by atomic mass is 10.0. The largest absolute Gasteiger partial charge is 0.488 e. The van der Waals surface area contributed by atoms with Crippen molar-refractivity contribution in [3.63, 3.8) is 0 Å². The molecule has 0 aliphatic heterocycles. The van der Waals surface area contributed by atoms with Gasteiger partial charge in [0.1, 0.15) is 18.2 Å². The number of nitriles is 1. The van der Waals surface area contributed by atoms with Crippen LogP contribution in [0.2, 0.25) is 5.02 Å². The Morgan fingerprint density at radius 1 is 1.11 bits per heavy atom. The molecule has 0 saturated heterocycles. The molecule has 2 nitrogen and oxygen atoms in total. The second-order valence-corrected chi connectivity index (χ2v) is 7.38. The number of hydrogen-bond donors (Lipinski definition) is 0. The number of nitrogens with zero attached hydrogens (tertiary/aromatic N) is 1. The highest BCUT2D eigenvalue weighted by atomic mass is 127. The molecule has 27 heavy (non-hydrogen) atoms. The third-order valence-corrected chi connectivity index (χ3v) is 4.93. The molecule has 0 aromatic heterocycles. The van der Waals surface area contributed by atoms with Crippen LogP contribution in [0, 0.1) is 20.7 Å². The van der Waals surface area contributed by atoms with Gasteiger partial charge in [-0.25, -0.2) is 4.39 Å². The molecule has 0 spiro atoms. The smallest absolute Gasteiger partial charge is 0.133 e. The maximum Gasteiger partial charge on any atom is 0.133 e. The van der Waals surface area contributed by atoms with Gasteiger partial charge in [0.15, 0.2) is 0 Å². The van der Waals surface area contributed by atoms with Crippen molar-refractivity contribution in [3.05, 3.63) is 97.8 Å². The molecule has 0 aliphatic rings. The molecule has 0 heterocycles. The molecule has 0 atom stereocenters. The topological polar surface area (TPSA) is 33.0 Å². The second kappa shape index (κ2) is 9.03. The van der Waals surface area contributed by atoms with E-state index in [1.165, 1.54) is 12.1 Å². The molecule has 0 aliphatic carbocycles. The molecule has 3 rings (SSSR count). The molecule has 0 fully saturated rings. The van der Waals surface area contributed by atoms with Crippen LogP contribution in [0.15, 0.2) is 66.7 Å². The van der Waals surface area contributed by atoms with Gasteiger partial charge in [0.25, 0.3) is 0 Å². The number of rotatable bonds is 5. The highest BCUT2D eigenvalue weighted by molar-refractivity contribution is 14.1. The first-order chi connectivity index (χ1) is 13.0. The maximum absolute atomic E-state index is 13.4. The normalized spacial score (nSPS) is 11.1. The predicted octanol–water partition coefficient (Wildman–Crippen LogP) is 6.73. The third-order valence-electron chi connectivity index (χ3n) is 3.83. The van der Waals surface area contributed by atoms with Crippen molar-refractivity contribution in [1.29, 1.82) is 5.26 Å². The van der Waals surface area contributed by atoms with E-state index in [9.17, 15) is 9.65 Å². The monoisotopic (exact) mass is 489 g/mol. The van der Waals surface area contributed by atoms with Crippen molar-refractivity contribution in [2.24, 2.45) is 0 Å². The van der Waals surface area contributed by atoms with Gasteiger partial charge in [-0.3, -0.25) is 0 Å². The molecule has 0 saturated carbocycles. The lowest BCUT2D eigenvalue weighted by Gasteiger charge is -2.09. The van der Waals surface area contributed by atoms with E-state index in [2.05, 4.69) is 28.7 Å². The minimum Gasteiger partial charge on any atom is -0.488 e. The first kappa shape index (κ1) is 19.4. The summed E-state index contributed by atoms with van der Waals surface area (Å²) in [4.78, 5) is 0. The van der Waals surface area contributed by atoms with Crippen LogP contribution in [-0.2, 0) is 6.61 Å². The van der Waals surface area contributed by atoms with E-state index in [1.807, 2.05) is 42.5 Å². The minimum atomic E-state index is -0.367. The Bertz CT molecular complexity index is 1030. The number of hydrogen-bond acceptors (Lipinski definition) is 2. The molecule has 0 bridgehead atoms. The lowest BCUT2D eigenvalue weighted by molar-refractivity contribution is 0.304. The summed E-state index contributed by atoms with van der Waals surface area (Å²) in [5.74, 6) is 0.390. The van der Waals surface area contributed by atoms with Gasteiger partial charge in [-0.05, 0) is 81.8 Å². The molecule has 134 valence electrons. The van der Waals surface area contributed by atoms with Crippen molar-refractivity contribution in [2.75, 3.05) is 0 Å². The van der Waals surface area contributed by atoms with E-state index < -0.39 is 0 Å². The minimum absolute atomic E-state index is 0.367. The Morgan fingerprint density at radius 2 is 1.89 bits per heavy atom. The zero-order chi connectivity index (χ0) is 19.2. The number of halogens is 3. The van der Waals surface area contributed by atoms with Gasteiger partial charge in [-0.2, -0.15) is 5.26 Å². The van der Waals surface area contributed by atoms with Crippen LogP contribution in [0.25, 0.3) is 11.6 Å². The summed E-state index contributed by atoms with van der Waals surface area (Å²) in [6.45, 7) is 0.440. The second-order valence-electron chi connectivity index (χ2n) is 5.79. The van der Waals surface area contributed by atoms with Crippen LogP contribution < -0.4 is 4.74 Å². The van der Waals surface area contributed by atoms with Gasteiger partial charge in [-0.15, -0.1) is 0 Å². The SMILES string of the molecule is N#C/C(=C/c1ccc(OCc2ccc(Cl)cc2)c(I)c1)c1cccc(F)c1. The van der Waals surface area contributed by atoms with Crippen LogP contribution in [0.4, 0.5) is 4.39 Å². The number of allylic oxidation sites excluding steroid dienone is 1. The van der Waals surface area contributed by atoms with Gasteiger partial charge in [0.2, 0.25) is 0 Å². The van der Waals surface area contributed by atoms with Gasteiger partial charge >= 0.3 is 0 Å². The molecule has 3 aromatic carbocycles. The molecule has 5 heteroatoms. The zero-order valence-corrected chi connectivity index (χ0v) is 17.0. The average molecular weight is 490 g/mol. The van der Waals surface area contributed by atoms with Crippen molar-refractivity contribution >= 4 is 45.8 Å². The van der Waals surface area contributed by atoms with E-state index in [1.54, 1.807) is 18.2 Å². The summed E-state index contributed by atoms with van der Waals surface area (Å²) in [6, 6.07) is 21.3. The standard InChI is InChI=1S/C22H14ClFINO/c23-19-7-4-15(5-8-19)14-27-22-9-6-16(11-21(22)25)10-18(13-26)17-2-1-3-20(24)12-17/h1-12H,14H2/b18-10-. The fourth-order valence-corrected chi connectivity index (χ4v) is 3.29. The third kappa shape index (κ3) is 5.31. The molecule has 3 aromatic rings. The molecular formula is C22H14ClFINO. The lowest BCUT2D eigenvalue weighted by Crippen LogP contribution is -1.97. The molecule has 0 amide bonds. The summed E-state index contributed by atoms with van der Waals surface area (Å²) < 4.78 is 20.2. The van der Waals surface area contributed by atoms with E-state index in [0.717, 1.165) is 20.4 Å². The van der Waals surface area contributed by atoms with Gasteiger partial charge in [0, 0.05) is 5.02 Å². The van der Waals surface area contributed by atoms with Crippen LogP contribution in [0.1, 0.15) is 16.7 Å². The number of ether oxygens (including phenoxy) is 1. The summed E-state index contributed by atoms with van der Waals surface area (Å²) in [5.41, 5.74) is 2.83. The summed E-state index contributed by atoms with van der Waals surface area (Å²) in [7, 11) is 0. The average Bonchev–Trinajstić information content (AvgIpc) is 2.66. The first-order valence-corrected chi connectivity index (χ1v) is 9.55. The Morgan fingerprint density at radius 3 is 2.56 bits per heavy atom. The van der Waals surface area contributed by atoms with Crippen LogP contribution in [0.5, 0.6) is 5.75 Å². The Kier molecular flexibility index (Phi) is 6.49. The Hall–Kier alpha value is -2.36. The van der Waals surface area contributed by atoms with Crippen molar-refractivity contribution in [1.82, 2.24) is 0 Å². The highest BCUT2D eigenvalue weighted by Crippen LogP contribution is 2.26. The molecule has 0 unspecified atom stereocenters. The quantitative estimate of drug-likeness (QED) is 0.226. The van der Waals surface area contributed by atoms with Gasteiger partial charge < -0.3 is 4.74 Å². The van der Waals surface area contributed by atoms with Crippen LogP contribution in [0.3, 0.4) is 0 Å². The number of benzene rings is 3. The van der Waals surface area contributed by atoms with E-state index in [4.69, 9.17) is 16.3 Å². The fraction of sp³-hybridized carbons (Fsp3) is 0.0455. The van der Waals surface area contributed by atoms with E-state index >= 15 is 0 Å². The van der Waals surface area contributed by atoms with Gasteiger partial charge in [-0.1, -0.05) is 41.9 Å². The maximum atomic E-state index is 13.4. The molecular weight excluding hydrogens is 476 g/mol. The first-order valence-electron chi connectivity index (χ1n) is 8.10. The van der Waals surface area contributed by atoms with Gasteiger partial charge in [0.05, 0.1) is 15.2 Å². The predicted molar refractivity (Wildman–Crippen MR) is 115 cm³/mol. The summed E-state index contributed by atoms with van der Waals surface area (Å²) in [5, 5.41) is 10.1. The Labute approximate surface area is 176 Å². The van der Waals surface area contributed by atoms with Crippen molar-refractivity contribution in [2.45, 2.75) is 6.61 Å². The summed E-state index contributed by atoms with van der Waals surface area (Å²) >= 11 is 8.08. The van der Waals surface area contributed by atoms with E-state index in [0.29, 0.717) is 22.8 Å².